The second-order valence-electron chi connectivity index (χ2n) is 9.21. The molecule has 0 aliphatic carbocycles. The van der Waals surface area contributed by atoms with Gasteiger partial charge in [0.2, 0.25) is 5.91 Å². The number of carbonyl (C=O) groups excluding carboxylic acids is 1. The molecule has 0 spiro atoms. The highest BCUT2D eigenvalue weighted by atomic mass is 35.5. The Morgan fingerprint density at radius 2 is 1.94 bits per heavy atom. The lowest BCUT2D eigenvalue weighted by Crippen LogP contribution is -2.62. The molecule has 3 rings (SSSR count). The minimum Gasteiger partial charge on any atom is -0.493 e. The lowest BCUT2D eigenvalue weighted by Gasteiger charge is -2.41. The largest absolute Gasteiger partial charge is 0.493 e. The molecule has 1 amide bonds. The van der Waals surface area contributed by atoms with E-state index in [1.165, 1.54) is 12.1 Å². The van der Waals surface area contributed by atoms with Gasteiger partial charge in [-0.15, -0.1) is 11.6 Å². The molecular weight excluding hydrogens is 499 g/mol. The first-order valence-corrected chi connectivity index (χ1v) is 14.2. The van der Waals surface area contributed by atoms with Crippen molar-refractivity contribution in [3.8, 4) is 5.75 Å². The van der Waals surface area contributed by atoms with Gasteiger partial charge in [-0.2, -0.15) is 8.42 Å². The molecule has 0 saturated carbocycles. The number of carbonyl (C=O) groups is 1. The first-order chi connectivity index (χ1) is 16.7. The van der Waals surface area contributed by atoms with Crippen LogP contribution in [0.2, 0.25) is 0 Å². The van der Waals surface area contributed by atoms with Crippen LogP contribution in [-0.4, -0.2) is 80.5 Å². The Bertz CT molecular complexity index is 922. The van der Waals surface area contributed by atoms with Crippen molar-refractivity contribution in [2.75, 3.05) is 45.1 Å². The zero-order valence-corrected chi connectivity index (χ0v) is 21.4. The fourth-order valence-corrected chi connectivity index (χ4v) is 5.11. The zero-order chi connectivity index (χ0) is 25.3. The van der Waals surface area contributed by atoms with Crippen molar-refractivity contribution in [1.82, 2.24) is 20.9 Å². The topological polar surface area (TPSA) is 120 Å². The summed E-state index contributed by atoms with van der Waals surface area (Å²) in [6.07, 6.45) is 4.40. The van der Waals surface area contributed by atoms with E-state index in [0.717, 1.165) is 51.9 Å². The molecule has 2 fully saturated rings. The molecule has 1 aromatic carbocycles. The minimum atomic E-state index is -4.05. The van der Waals surface area contributed by atoms with Crippen LogP contribution in [0.25, 0.3) is 0 Å². The summed E-state index contributed by atoms with van der Waals surface area (Å²) < 4.78 is 50.1. The van der Waals surface area contributed by atoms with Crippen LogP contribution in [0.3, 0.4) is 0 Å². The number of likely N-dealkylation sites (tertiary alicyclic amines) is 1. The molecule has 2 aliphatic heterocycles. The van der Waals surface area contributed by atoms with Gasteiger partial charge in [0, 0.05) is 38.8 Å². The molecular formula is C23H36ClFN4O5S. The van der Waals surface area contributed by atoms with Crippen molar-refractivity contribution < 1.29 is 26.9 Å². The van der Waals surface area contributed by atoms with Crippen molar-refractivity contribution in [2.45, 2.75) is 50.2 Å². The van der Waals surface area contributed by atoms with Gasteiger partial charge in [-0.25, -0.2) is 4.39 Å². The monoisotopic (exact) mass is 534 g/mol. The van der Waals surface area contributed by atoms with Gasteiger partial charge in [-0.05, 0) is 49.7 Å². The maximum absolute atomic E-state index is 14.4. The van der Waals surface area contributed by atoms with Gasteiger partial charge in [-0.1, -0.05) is 6.07 Å². The second kappa shape index (κ2) is 13.7. The highest BCUT2D eigenvalue weighted by Crippen LogP contribution is 2.24. The average molecular weight is 535 g/mol. The lowest BCUT2D eigenvalue weighted by atomic mass is 9.92. The van der Waals surface area contributed by atoms with Crippen LogP contribution in [0, 0.1) is 11.7 Å². The number of amides is 1. The SMILES string of the molecule is O=C(Cc1ccc(OCCCC2CCN(C3NCC(Cl)CN3)CC2)cc1F)NCCCS(=O)(=O)O. The second-order valence-corrected chi connectivity index (χ2v) is 11.4. The Morgan fingerprint density at radius 3 is 2.60 bits per heavy atom. The summed E-state index contributed by atoms with van der Waals surface area (Å²) in [5.41, 5.74) is 0.236. The van der Waals surface area contributed by atoms with Gasteiger partial charge in [0.15, 0.2) is 0 Å². The predicted octanol–water partition coefficient (Wildman–Crippen LogP) is 1.72. The molecule has 198 valence electrons. The van der Waals surface area contributed by atoms with Crippen molar-refractivity contribution in [1.29, 1.82) is 0 Å². The number of hydrogen-bond acceptors (Lipinski definition) is 7. The number of hydrogen-bond donors (Lipinski definition) is 4. The molecule has 2 heterocycles. The van der Waals surface area contributed by atoms with E-state index in [4.69, 9.17) is 20.9 Å². The summed E-state index contributed by atoms with van der Waals surface area (Å²) in [6.45, 7) is 4.34. The summed E-state index contributed by atoms with van der Waals surface area (Å²) in [5.74, 6) is -0.279. The fraction of sp³-hybridized carbons (Fsp3) is 0.696. The van der Waals surface area contributed by atoms with Gasteiger partial charge < -0.3 is 10.1 Å². The number of ether oxygens (including phenoxy) is 1. The summed E-state index contributed by atoms with van der Waals surface area (Å²) in [5, 5.41) is 9.54. The van der Waals surface area contributed by atoms with E-state index in [1.807, 2.05) is 0 Å². The van der Waals surface area contributed by atoms with Gasteiger partial charge in [-0.3, -0.25) is 24.9 Å². The molecule has 2 aliphatic rings. The smallest absolute Gasteiger partial charge is 0.264 e. The third-order valence-corrected chi connectivity index (χ3v) is 7.50. The van der Waals surface area contributed by atoms with E-state index < -0.39 is 27.6 Å². The van der Waals surface area contributed by atoms with E-state index >= 15 is 0 Å². The predicted molar refractivity (Wildman–Crippen MR) is 133 cm³/mol. The van der Waals surface area contributed by atoms with E-state index in [0.29, 0.717) is 18.3 Å². The Kier molecular flexibility index (Phi) is 11.0. The number of alkyl halides is 1. The van der Waals surface area contributed by atoms with E-state index in [2.05, 4.69) is 20.9 Å². The molecule has 0 atom stereocenters. The third-order valence-electron chi connectivity index (χ3n) is 6.38. The average Bonchev–Trinajstić information content (AvgIpc) is 2.82. The van der Waals surface area contributed by atoms with Crippen LogP contribution >= 0.6 is 11.6 Å². The number of benzene rings is 1. The molecule has 0 aromatic heterocycles. The molecule has 0 unspecified atom stereocenters. The lowest BCUT2D eigenvalue weighted by molar-refractivity contribution is -0.120. The summed E-state index contributed by atoms with van der Waals surface area (Å²) in [4.78, 5) is 14.4. The van der Waals surface area contributed by atoms with Crippen LogP contribution in [-0.2, 0) is 21.3 Å². The van der Waals surface area contributed by atoms with E-state index in [9.17, 15) is 17.6 Å². The standard InChI is InChI=1S/C23H36ClFN4O5S/c24-19-15-27-23(28-16-19)29-9-6-17(7-10-29)3-1-11-34-20-5-4-18(21(25)14-20)13-22(30)26-8-2-12-35(31,32)33/h4-5,14,17,19,23,27-28H,1-3,6-13,15-16H2,(H,26,30)(H,31,32,33). The van der Waals surface area contributed by atoms with Crippen molar-refractivity contribution in [2.24, 2.45) is 5.92 Å². The zero-order valence-electron chi connectivity index (χ0n) is 19.8. The minimum absolute atomic E-state index is 0.0861. The van der Waals surface area contributed by atoms with Crippen molar-refractivity contribution >= 4 is 27.6 Å². The van der Waals surface area contributed by atoms with Crippen LogP contribution in [0.5, 0.6) is 5.75 Å². The van der Waals surface area contributed by atoms with Crippen LogP contribution in [0.4, 0.5) is 4.39 Å². The summed E-state index contributed by atoms with van der Waals surface area (Å²) >= 11 is 6.11. The normalized spacial score (nSPS) is 22.1. The van der Waals surface area contributed by atoms with Gasteiger partial charge in [0.1, 0.15) is 17.9 Å². The summed E-state index contributed by atoms with van der Waals surface area (Å²) in [6, 6.07) is 4.46. The summed E-state index contributed by atoms with van der Waals surface area (Å²) in [7, 11) is -4.05. The van der Waals surface area contributed by atoms with E-state index in [-0.39, 0.29) is 36.6 Å². The molecule has 1 aromatic rings. The number of nitrogens with one attached hydrogen (secondary N) is 3. The Morgan fingerprint density at radius 1 is 1.23 bits per heavy atom. The Labute approximate surface area is 211 Å². The maximum Gasteiger partial charge on any atom is 0.264 e. The molecule has 4 N–H and O–H groups in total. The number of rotatable bonds is 12. The molecule has 35 heavy (non-hydrogen) atoms. The molecule has 2 saturated heterocycles. The third kappa shape index (κ3) is 10.2. The molecule has 12 heteroatoms. The number of nitrogens with zero attached hydrogens (tertiary/aromatic N) is 1. The van der Waals surface area contributed by atoms with Crippen LogP contribution in [0.1, 0.15) is 37.7 Å². The van der Waals surface area contributed by atoms with Gasteiger partial charge in [0.05, 0.1) is 24.2 Å². The van der Waals surface area contributed by atoms with Crippen molar-refractivity contribution in [3.05, 3.63) is 29.6 Å². The first kappa shape index (κ1) is 28.1. The number of halogens is 2. The maximum atomic E-state index is 14.4. The van der Waals surface area contributed by atoms with Crippen molar-refractivity contribution in [3.63, 3.8) is 0 Å². The molecule has 0 bridgehead atoms. The number of piperidine rings is 1. The quantitative estimate of drug-likeness (QED) is 0.182. The highest BCUT2D eigenvalue weighted by Gasteiger charge is 2.27. The van der Waals surface area contributed by atoms with Gasteiger partial charge >= 0.3 is 0 Å². The fourth-order valence-electron chi connectivity index (χ4n) is 4.42. The van der Waals surface area contributed by atoms with Crippen LogP contribution < -0.4 is 20.7 Å². The van der Waals surface area contributed by atoms with Crippen LogP contribution in [0.15, 0.2) is 18.2 Å². The Hall–Kier alpha value is -1.50. The van der Waals surface area contributed by atoms with Gasteiger partial charge in [0.25, 0.3) is 10.1 Å². The Balaban J connectivity index is 1.29. The first-order valence-electron chi connectivity index (χ1n) is 12.2. The highest BCUT2D eigenvalue weighted by molar-refractivity contribution is 7.85. The van der Waals surface area contributed by atoms with E-state index in [1.54, 1.807) is 6.07 Å². The molecule has 9 nitrogen and oxygen atoms in total. The molecule has 0 radical (unpaired) electrons.